The van der Waals surface area contributed by atoms with Gasteiger partial charge in [-0.05, 0) is 48.1 Å². The van der Waals surface area contributed by atoms with Gasteiger partial charge in [-0.15, -0.1) is 10.2 Å². The first kappa shape index (κ1) is 19.7. The lowest BCUT2D eigenvalue weighted by molar-refractivity contribution is 0.173. The maximum Gasteiger partial charge on any atom is 0.315 e. The van der Waals surface area contributed by atoms with Gasteiger partial charge in [-0.1, -0.05) is 31.4 Å². The Hall–Kier alpha value is -3.29. The van der Waals surface area contributed by atoms with E-state index in [1.54, 1.807) is 0 Å². The van der Waals surface area contributed by atoms with Crippen LogP contribution in [-0.4, -0.2) is 34.0 Å². The fourth-order valence-electron chi connectivity index (χ4n) is 4.63. The molecule has 1 fully saturated rings. The molecule has 2 aromatic heterocycles. The van der Waals surface area contributed by atoms with Crippen LogP contribution in [0.2, 0.25) is 0 Å². The summed E-state index contributed by atoms with van der Waals surface area (Å²) in [5.41, 5.74) is 1.84. The minimum atomic E-state index is -0.159. The molecule has 162 valence electrons. The number of ether oxygens (including phenoxy) is 2. The van der Waals surface area contributed by atoms with Crippen LogP contribution in [0.5, 0.6) is 11.5 Å². The Labute approximate surface area is 181 Å². The van der Waals surface area contributed by atoms with E-state index in [1.807, 2.05) is 42.6 Å². The first-order chi connectivity index (χ1) is 15.2. The Kier molecular flexibility index (Phi) is 5.36. The van der Waals surface area contributed by atoms with Crippen molar-refractivity contribution in [1.29, 1.82) is 0 Å². The van der Waals surface area contributed by atoms with Gasteiger partial charge in [-0.25, -0.2) is 4.79 Å². The Bertz CT molecular complexity index is 1070. The molecular weight excluding hydrogens is 394 g/mol. The van der Waals surface area contributed by atoms with Crippen LogP contribution in [0.4, 0.5) is 4.79 Å². The highest BCUT2D eigenvalue weighted by atomic mass is 16.7. The van der Waals surface area contributed by atoms with Gasteiger partial charge in [0.25, 0.3) is 0 Å². The zero-order valence-corrected chi connectivity index (χ0v) is 17.5. The van der Waals surface area contributed by atoms with Crippen LogP contribution in [0.15, 0.2) is 42.6 Å². The number of benzene rings is 1. The van der Waals surface area contributed by atoms with Crippen molar-refractivity contribution in [2.24, 2.45) is 5.41 Å². The number of urea groups is 1. The quantitative estimate of drug-likeness (QED) is 0.636. The van der Waals surface area contributed by atoms with Crippen LogP contribution >= 0.6 is 0 Å². The maximum absolute atomic E-state index is 12.5. The van der Waals surface area contributed by atoms with Gasteiger partial charge in [-0.2, -0.15) is 0 Å². The number of carbonyl (C=O) groups is 1. The predicted octanol–water partition coefficient (Wildman–Crippen LogP) is 3.45. The van der Waals surface area contributed by atoms with Crippen molar-refractivity contribution in [3.63, 3.8) is 0 Å². The zero-order valence-electron chi connectivity index (χ0n) is 17.5. The molecule has 0 saturated heterocycles. The number of fused-ring (bicyclic) bond motifs is 2. The van der Waals surface area contributed by atoms with E-state index < -0.39 is 0 Å². The van der Waals surface area contributed by atoms with Gasteiger partial charge in [-0.3, -0.25) is 4.40 Å². The minimum Gasteiger partial charge on any atom is -0.454 e. The Morgan fingerprint density at radius 3 is 2.81 bits per heavy atom. The summed E-state index contributed by atoms with van der Waals surface area (Å²) in [5.74, 6) is 2.43. The lowest BCUT2D eigenvalue weighted by Crippen LogP contribution is -2.44. The van der Waals surface area contributed by atoms with Gasteiger partial charge in [0.1, 0.15) is 5.82 Å². The molecule has 0 unspecified atom stereocenters. The molecule has 2 aliphatic rings. The largest absolute Gasteiger partial charge is 0.454 e. The van der Waals surface area contributed by atoms with Gasteiger partial charge in [0, 0.05) is 25.7 Å². The molecule has 0 radical (unpaired) electrons. The molecule has 3 aromatic rings. The lowest BCUT2D eigenvalue weighted by Gasteiger charge is -2.37. The first-order valence-corrected chi connectivity index (χ1v) is 10.9. The van der Waals surface area contributed by atoms with E-state index >= 15 is 0 Å². The van der Waals surface area contributed by atoms with Crippen LogP contribution < -0.4 is 20.1 Å². The Balaban J connectivity index is 1.21. The third-order valence-corrected chi connectivity index (χ3v) is 6.35. The molecule has 1 aliphatic heterocycles. The number of nitrogens with zero attached hydrogens (tertiary/aromatic N) is 3. The molecule has 0 atom stereocenters. The lowest BCUT2D eigenvalue weighted by atomic mass is 9.71. The Morgan fingerprint density at radius 2 is 1.90 bits per heavy atom. The number of carbonyl (C=O) groups excluding carboxylic acids is 1. The second-order valence-electron chi connectivity index (χ2n) is 8.51. The summed E-state index contributed by atoms with van der Waals surface area (Å²) < 4.78 is 12.8. The van der Waals surface area contributed by atoms with Crippen molar-refractivity contribution in [1.82, 2.24) is 25.2 Å². The summed E-state index contributed by atoms with van der Waals surface area (Å²) in [5, 5.41) is 14.8. The van der Waals surface area contributed by atoms with Crippen molar-refractivity contribution >= 4 is 11.7 Å². The second kappa shape index (κ2) is 8.45. The van der Waals surface area contributed by atoms with Crippen LogP contribution in [0.1, 0.15) is 43.5 Å². The van der Waals surface area contributed by atoms with Crippen molar-refractivity contribution in [2.75, 3.05) is 13.3 Å². The van der Waals surface area contributed by atoms with Crippen molar-refractivity contribution in [2.45, 2.75) is 45.1 Å². The summed E-state index contributed by atoms with van der Waals surface area (Å²) in [4.78, 5) is 12.5. The van der Waals surface area contributed by atoms with Gasteiger partial charge < -0.3 is 20.1 Å². The highest BCUT2D eigenvalue weighted by Gasteiger charge is 2.34. The van der Waals surface area contributed by atoms with Crippen molar-refractivity contribution in [3.05, 3.63) is 54.0 Å². The maximum atomic E-state index is 12.5. The molecule has 0 bridgehead atoms. The number of hydrogen-bond acceptors (Lipinski definition) is 5. The molecule has 1 aromatic carbocycles. The van der Waals surface area contributed by atoms with Crippen LogP contribution in [-0.2, 0) is 13.0 Å². The number of aromatic nitrogens is 3. The van der Waals surface area contributed by atoms with Crippen molar-refractivity contribution < 1.29 is 14.3 Å². The normalized spacial score (nSPS) is 16.9. The van der Waals surface area contributed by atoms with Gasteiger partial charge in [0.15, 0.2) is 17.1 Å². The van der Waals surface area contributed by atoms with Gasteiger partial charge >= 0.3 is 6.03 Å². The number of pyridine rings is 1. The summed E-state index contributed by atoms with van der Waals surface area (Å²) >= 11 is 0. The summed E-state index contributed by atoms with van der Waals surface area (Å²) in [7, 11) is 0. The second-order valence-corrected chi connectivity index (χ2v) is 8.51. The van der Waals surface area contributed by atoms with E-state index in [2.05, 4.69) is 25.2 Å². The third-order valence-electron chi connectivity index (χ3n) is 6.35. The molecule has 2 N–H and O–H groups in total. The molecular formula is C23H27N5O3. The fraction of sp³-hybridized carbons (Fsp3) is 0.435. The number of nitrogens with one attached hydrogen (secondary N) is 2. The molecule has 31 heavy (non-hydrogen) atoms. The number of amides is 2. The predicted molar refractivity (Wildman–Crippen MR) is 115 cm³/mol. The Morgan fingerprint density at radius 1 is 1.03 bits per heavy atom. The molecule has 8 heteroatoms. The van der Waals surface area contributed by atoms with E-state index in [0.29, 0.717) is 13.1 Å². The molecule has 2 amide bonds. The highest BCUT2D eigenvalue weighted by molar-refractivity contribution is 5.73. The standard InChI is InChI=1S/C23H27N5O3/c29-22(24-14-17-7-8-18-19(12-17)31-16-30-18)25-15-23(9-3-1-4-10-23)13-21-27-26-20-6-2-5-11-28(20)21/h2,5-8,11-12H,1,3-4,9-10,13-16H2,(H2,24,25,29). The van der Waals surface area contributed by atoms with E-state index in [0.717, 1.165) is 47.8 Å². The fourth-order valence-corrected chi connectivity index (χ4v) is 4.63. The molecule has 1 aliphatic carbocycles. The van der Waals surface area contributed by atoms with Crippen LogP contribution in [0.3, 0.4) is 0 Å². The van der Waals surface area contributed by atoms with Gasteiger partial charge in [0.05, 0.1) is 0 Å². The monoisotopic (exact) mass is 421 g/mol. The van der Waals surface area contributed by atoms with Crippen LogP contribution in [0, 0.1) is 5.41 Å². The van der Waals surface area contributed by atoms with Crippen LogP contribution in [0.25, 0.3) is 5.65 Å². The summed E-state index contributed by atoms with van der Waals surface area (Å²) in [6.45, 7) is 1.31. The first-order valence-electron chi connectivity index (χ1n) is 10.9. The minimum absolute atomic E-state index is 0.00709. The van der Waals surface area contributed by atoms with Crippen molar-refractivity contribution in [3.8, 4) is 11.5 Å². The average Bonchev–Trinajstić information content (AvgIpc) is 3.44. The molecule has 1 saturated carbocycles. The SMILES string of the molecule is O=C(NCc1ccc2c(c1)OCO2)NCC1(Cc2nnc3ccccn23)CCCCC1. The topological polar surface area (TPSA) is 89.8 Å². The van der Waals surface area contributed by atoms with E-state index in [4.69, 9.17) is 9.47 Å². The highest BCUT2D eigenvalue weighted by Crippen LogP contribution is 2.38. The number of rotatable bonds is 6. The van der Waals surface area contributed by atoms with E-state index in [-0.39, 0.29) is 18.2 Å². The summed E-state index contributed by atoms with van der Waals surface area (Å²) in [6, 6.07) is 11.5. The van der Waals surface area contributed by atoms with E-state index in [1.165, 1.54) is 19.3 Å². The molecule has 0 spiro atoms. The zero-order chi connectivity index (χ0) is 21.1. The molecule has 3 heterocycles. The molecule has 5 rings (SSSR count). The molecule has 8 nitrogen and oxygen atoms in total. The average molecular weight is 422 g/mol. The van der Waals surface area contributed by atoms with E-state index in [9.17, 15) is 4.79 Å². The summed E-state index contributed by atoms with van der Waals surface area (Å²) in [6.07, 6.45) is 8.58. The van der Waals surface area contributed by atoms with Gasteiger partial charge in [0.2, 0.25) is 6.79 Å². The smallest absolute Gasteiger partial charge is 0.315 e. The number of hydrogen-bond donors (Lipinski definition) is 2. The third kappa shape index (κ3) is 4.28.